The van der Waals surface area contributed by atoms with Gasteiger partial charge in [-0.1, -0.05) is 25.8 Å². The fourth-order valence-corrected chi connectivity index (χ4v) is 1.28. The summed E-state index contributed by atoms with van der Waals surface area (Å²) in [6, 6.07) is 0. The molecule has 0 radical (unpaired) electrons. The number of hydrogen-bond donors (Lipinski definition) is 1. The van der Waals surface area contributed by atoms with Gasteiger partial charge in [-0.3, -0.25) is 4.55 Å². The van der Waals surface area contributed by atoms with E-state index in [1.54, 1.807) is 6.08 Å². The number of hydrogen-bond acceptors (Lipinski definition) is 4. The van der Waals surface area contributed by atoms with E-state index in [-0.39, 0.29) is 35.1 Å². The first-order valence-electron chi connectivity index (χ1n) is 4.74. The van der Waals surface area contributed by atoms with Crippen LogP contribution in [0, 0.1) is 0 Å². The van der Waals surface area contributed by atoms with Crippen LogP contribution in [0.4, 0.5) is 0 Å². The van der Waals surface area contributed by atoms with Crippen LogP contribution in [0.3, 0.4) is 0 Å². The standard InChI is InChI=1S/C9H16O5S.Na.H/c1-3-4-5-6-7-8(2)9(10)14-15(11,12)13;;/h7H,3-6H2,1-2H3,(H,11,12,13);;. The van der Waals surface area contributed by atoms with Crippen LogP contribution < -0.4 is 0 Å². The van der Waals surface area contributed by atoms with Crippen LogP contribution in [-0.2, 0) is 19.4 Å². The van der Waals surface area contributed by atoms with Gasteiger partial charge in [0.2, 0.25) is 0 Å². The van der Waals surface area contributed by atoms with Crippen LogP contribution in [-0.4, -0.2) is 48.5 Å². The number of carbonyl (C=O) groups excluding carboxylic acids is 1. The summed E-state index contributed by atoms with van der Waals surface area (Å²) in [6.07, 6.45) is 5.36. The number of rotatable bonds is 6. The molecule has 0 aliphatic heterocycles. The van der Waals surface area contributed by atoms with E-state index in [1.165, 1.54) is 6.92 Å². The maximum atomic E-state index is 11.0. The van der Waals surface area contributed by atoms with Gasteiger partial charge in [0.15, 0.2) is 0 Å². The minimum atomic E-state index is -4.69. The van der Waals surface area contributed by atoms with Gasteiger partial charge in [-0.2, -0.15) is 8.42 Å². The Kier molecular flexibility index (Phi) is 10.6. The summed E-state index contributed by atoms with van der Waals surface area (Å²) in [5.74, 6) is -1.03. The van der Waals surface area contributed by atoms with Crippen LogP contribution in [0.1, 0.15) is 39.5 Å². The molecule has 0 aromatic carbocycles. The Morgan fingerprint density at radius 2 is 1.94 bits per heavy atom. The van der Waals surface area contributed by atoms with Crippen molar-refractivity contribution in [3.63, 3.8) is 0 Å². The minimum absolute atomic E-state index is 0. The molecule has 0 rings (SSSR count). The van der Waals surface area contributed by atoms with Crippen LogP contribution in [0.5, 0.6) is 0 Å². The zero-order valence-corrected chi connectivity index (χ0v) is 9.71. The Morgan fingerprint density at radius 1 is 1.38 bits per heavy atom. The molecule has 0 aliphatic rings. The van der Waals surface area contributed by atoms with E-state index in [0.29, 0.717) is 6.42 Å². The van der Waals surface area contributed by atoms with Crippen molar-refractivity contribution < 1.29 is 21.9 Å². The van der Waals surface area contributed by atoms with Crippen LogP contribution >= 0.6 is 0 Å². The molecule has 0 aliphatic carbocycles. The van der Waals surface area contributed by atoms with Crippen molar-refractivity contribution in [3.05, 3.63) is 11.6 Å². The molecule has 90 valence electrons. The summed E-state index contributed by atoms with van der Waals surface area (Å²) in [5.41, 5.74) is 0.184. The number of carbonyl (C=O) groups is 1. The number of unbranched alkanes of at least 4 members (excludes halogenated alkanes) is 3. The SMILES string of the molecule is CCCCCC=C(C)C(=O)OS(=O)(=O)O.[NaH]. The third-order valence-corrected chi connectivity index (χ3v) is 2.12. The second-order valence-electron chi connectivity index (χ2n) is 3.18. The quantitative estimate of drug-likeness (QED) is 0.336. The van der Waals surface area contributed by atoms with Crippen molar-refractivity contribution in [3.8, 4) is 0 Å². The average molecular weight is 260 g/mol. The molecule has 0 unspecified atom stereocenters. The van der Waals surface area contributed by atoms with E-state index in [2.05, 4.69) is 11.1 Å². The molecule has 16 heavy (non-hydrogen) atoms. The summed E-state index contributed by atoms with van der Waals surface area (Å²) in [5, 5.41) is 0. The van der Waals surface area contributed by atoms with Gasteiger partial charge in [0.05, 0.1) is 0 Å². The van der Waals surface area contributed by atoms with E-state index in [4.69, 9.17) is 4.55 Å². The molecule has 0 heterocycles. The molecular weight excluding hydrogens is 243 g/mol. The summed E-state index contributed by atoms with van der Waals surface area (Å²) >= 11 is 0. The summed E-state index contributed by atoms with van der Waals surface area (Å²) in [6.45, 7) is 3.50. The van der Waals surface area contributed by atoms with Crippen LogP contribution in [0.25, 0.3) is 0 Å². The zero-order chi connectivity index (χ0) is 11.9. The Hall–Kier alpha value is 0.120. The van der Waals surface area contributed by atoms with Gasteiger partial charge in [0.25, 0.3) is 0 Å². The fourth-order valence-electron chi connectivity index (χ4n) is 0.958. The van der Waals surface area contributed by atoms with Crippen molar-refractivity contribution >= 4 is 45.9 Å². The predicted octanol–water partition coefficient (Wildman–Crippen LogP) is 1.21. The average Bonchev–Trinajstić information content (AvgIpc) is 2.09. The Morgan fingerprint density at radius 3 is 2.38 bits per heavy atom. The molecular formula is C9H17NaO5S. The second-order valence-corrected chi connectivity index (χ2v) is 4.20. The first-order chi connectivity index (χ1) is 6.87. The van der Waals surface area contributed by atoms with Crippen LogP contribution in [0.15, 0.2) is 11.6 Å². The van der Waals surface area contributed by atoms with E-state index >= 15 is 0 Å². The van der Waals surface area contributed by atoms with Gasteiger partial charge < -0.3 is 4.18 Å². The maximum absolute atomic E-state index is 11.0. The van der Waals surface area contributed by atoms with Crippen molar-refractivity contribution in [2.45, 2.75) is 39.5 Å². The van der Waals surface area contributed by atoms with Gasteiger partial charge in [-0.25, -0.2) is 4.79 Å². The molecule has 0 aromatic heterocycles. The van der Waals surface area contributed by atoms with E-state index < -0.39 is 16.4 Å². The first-order valence-corrected chi connectivity index (χ1v) is 6.11. The van der Waals surface area contributed by atoms with Crippen LogP contribution in [0.2, 0.25) is 0 Å². The first kappa shape index (κ1) is 18.5. The Labute approximate surface area is 118 Å². The summed E-state index contributed by atoms with van der Waals surface area (Å²) < 4.78 is 32.4. The topological polar surface area (TPSA) is 80.7 Å². The normalized spacial score (nSPS) is 11.8. The van der Waals surface area contributed by atoms with Gasteiger partial charge in [0, 0.05) is 5.57 Å². The molecule has 0 fully saturated rings. The van der Waals surface area contributed by atoms with E-state index in [0.717, 1.165) is 19.3 Å². The molecule has 0 saturated carbocycles. The van der Waals surface area contributed by atoms with E-state index in [1.807, 2.05) is 0 Å². The third kappa shape index (κ3) is 10.6. The number of allylic oxidation sites excluding steroid dienone is 1. The third-order valence-electron chi connectivity index (χ3n) is 1.76. The Balaban J connectivity index is 0. The van der Waals surface area contributed by atoms with Crippen molar-refractivity contribution in [2.24, 2.45) is 0 Å². The predicted molar refractivity (Wildman–Crippen MR) is 62.7 cm³/mol. The zero-order valence-electron chi connectivity index (χ0n) is 8.89. The second kappa shape index (κ2) is 9.18. The molecule has 0 amide bonds. The van der Waals surface area contributed by atoms with Gasteiger partial charge in [0.1, 0.15) is 0 Å². The van der Waals surface area contributed by atoms with Crippen molar-refractivity contribution in [2.75, 3.05) is 0 Å². The molecule has 1 N–H and O–H groups in total. The molecule has 0 saturated heterocycles. The molecule has 0 bridgehead atoms. The summed E-state index contributed by atoms with van der Waals surface area (Å²) in [7, 11) is -4.69. The molecule has 0 atom stereocenters. The van der Waals surface area contributed by atoms with Gasteiger partial charge >= 0.3 is 45.9 Å². The molecule has 0 aromatic rings. The van der Waals surface area contributed by atoms with Gasteiger partial charge in [-0.05, 0) is 19.8 Å². The summed E-state index contributed by atoms with van der Waals surface area (Å²) in [4.78, 5) is 11.0. The van der Waals surface area contributed by atoms with Crippen molar-refractivity contribution in [1.29, 1.82) is 0 Å². The van der Waals surface area contributed by atoms with Gasteiger partial charge in [-0.15, -0.1) is 0 Å². The van der Waals surface area contributed by atoms with E-state index in [9.17, 15) is 13.2 Å². The monoisotopic (exact) mass is 260 g/mol. The molecule has 0 spiro atoms. The fraction of sp³-hybridized carbons (Fsp3) is 0.667. The molecule has 7 heteroatoms. The molecule has 5 nitrogen and oxygen atoms in total. The Bertz CT molecular complexity index is 334. The van der Waals surface area contributed by atoms with Crippen molar-refractivity contribution in [1.82, 2.24) is 0 Å².